The highest BCUT2D eigenvalue weighted by Crippen LogP contribution is 2.24. The van der Waals surface area contributed by atoms with Gasteiger partial charge in [0.25, 0.3) is 0 Å². The lowest BCUT2D eigenvalue weighted by Crippen LogP contribution is -2.24. The van der Waals surface area contributed by atoms with Crippen molar-refractivity contribution in [2.75, 3.05) is 6.54 Å². The van der Waals surface area contributed by atoms with Gasteiger partial charge in [0.1, 0.15) is 0 Å². The van der Waals surface area contributed by atoms with Gasteiger partial charge in [-0.1, -0.05) is 29.6 Å². The van der Waals surface area contributed by atoms with E-state index in [0.717, 1.165) is 19.4 Å². The summed E-state index contributed by atoms with van der Waals surface area (Å²) in [5, 5.41) is 7.57. The highest BCUT2D eigenvalue weighted by molar-refractivity contribution is 7.05. The van der Waals surface area contributed by atoms with Crippen molar-refractivity contribution in [3.05, 3.63) is 46.0 Å². The molecule has 2 aromatic rings. The molecule has 0 saturated carbocycles. The van der Waals surface area contributed by atoms with Crippen LogP contribution in [0.25, 0.3) is 0 Å². The van der Waals surface area contributed by atoms with Crippen LogP contribution in [0.15, 0.2) is 24.4 Å². The third-order valence-electron chi connectivity index (χ3n) is 3.42. The van der Waals surface area contributed by atoms with Gasteiger partial charge in [-0.3, -0.25) is 0 Å². The van der Waals surface area contributed by atoms with E-state index in [1.54, 1.807) is 0 Å². The molecule has 0 amide bonds. The first kappa shape index (κ1) is 14.2. The van der Waals surface area contributed by atoms with E-state index >= 15 is 0 Å². The van der Waals surface area contributed by atoms with E-state index < -0.39 is 0 Å². The van der Waals surface area contributed by atoms with Crippen molar-refractivity contribution in [1.29, 1.82) is 0 Å². The molecule has 1 aromatic heterocycles. The van der Waals surface area contributed by atoms with Crippen LogP contribution in [-0.4, -0.2) is 16.1 Å². The van der Waals surface area contributed by atoms with Crippen LogP contribution in [0.3, 0.4) is 0 Å². The third kappa shape index (κ3) is 3.61. The van der Waals surface area contributed by atoms with Crippen molar-refractivity contribution in [2.24, 2.45) is 0 Å². The molecule has 4 heteroatoms. The van der Waals surface area contributed by atoms with E-state index in [4.69, 9.17) is 0 Å². The number of aromatic nitrogens is 2. The lowest BCUT2D eigenvalue weighted by atomic mass is 9.96. The Morgan fingerprint density at radius 1 is 1.26 bits per heavy atom. The Morgan fingerprint density at radius 3 is 2.58 bits per heavy atom. The van der Waals surface area contributed by atoms with Crippen LogP contribution in [0.5, 0.6) is 0 Å². The van der Waals surface area contributed by atoms with Gasteiger partial charge in [-0.15, -0.1) is 5.10 Å². The monoisotopic (exact) mass is 275 g/mol. The fourth-order valence-electron chi connectivity index (χ4n) is 2.30. The number of hydrogen-bond donors (Lipinski definition) is 1. The zero-order valence-corrected chi connectivity index (χ0v) is 12.6. The van der Waals surface area contributed by atoms with Gasteiger partial charge < -0.3 is 5.32 Å². The van der Waals surface area contributed by atoms with Gasteiger partial charge >= 0.3 is 0 Å². The van der Waals surface area contributed by atoms with Crippen LogP contribution >= 0.6 is 11.5 Å². The number of nitrogens with zero attached hydrogens (tertiary/aromatic N) is 2. The normalized spacial score (nSPS) is 12.6. The molecular weight excluding hydrogens is 254 g/mol. The first-order valence-electron chi connectivity index (χ1n) is 6.78. The fraction of sp³-hybridized carbons (Fsp3) is 0.467. The van der Waals surface area contributed by atoms with Gasteiger partial charge in [-0.2, -0.15) is 0 Å². The molecule has 0 aliphatic rings. The van der Waals surface area contributed by atoms with Gasteiger partial charge in [0.05, 0.1) is 11.1 Å². The number of nitrogens with one attached hydrogen (secondary N) is 1. The molecule has 0 saturated heterocycles. The average Bonchev–Trinajstić information content (AvgIpc) is 2.91. The van der Waals surface area contributed by atoms with Gasteiger partial charge in [0, 0.05) is 6.04 Å². The molecule has 0 bridgehead atoms. The molecule has 102 valence electrons. The molecule has 1 N–H and O–H groups in total. The first-order chi connectivity index (χ1) is 9.22. The second-order valence-electron chi connectivity index (χ2n) is 4.90. The summed E-state index contributed by atoms with van der Waals surface area (Å²) >= 11 is 1.49. The smallest absolute Gasteiger partial charge is 0.0669 e. The minimum atomic E-state index is 0.319. The Hall–Kier alpha value is -1.26. The van der Waals surface area contributed by atoms with Crippen molar-refractivity contribution in [2.45, 2.75) is 39.7 Å². The van der Waals surface area contributed by atoms with Crippen molar-refractivity contribution in [3.63, 3.8) is 0 Å². The molecule has 19 heavy (non-hydrogen) atoms. The summed E-state index contributed by atoms with van der Waals surface area (Å²) < 4.78 is 3.99. The third-order valence-corrected chi connectivity index (χ3v) is 4.19. The standard InChI is InChI=1S/C15H21N3S/c1-4-8-16-14(15-10-17-18-19-15)9-13-11(2)6-5-7-12(13)3/h5-7,10,14,16H,4,8-9H2,1-3H3. The van der Waals surface area contributed by atoms with Crippen LogP contribution in [0.4, 0.5) is 0 Å². The van der Waals surface area contributed by atoms with Gasteiger partial charge in [0.15, 0.2) is 0 Å². The van der Waals surface area contributed by atoms with Gasteiger partial charge in [-0.25, -0.2) is 0 Å². The Morgan fingerprint density at radius 2 is 2.00 bits per heavy atom. The maximum atomic E-state index is 3.99. The van der Waals surface area contributed by atoms with E-state index in [-0.39, 0.29) is 0 Å². The second kappa shape index (κ2) is 6.78. The van der Waals surface area contributed by atoms with E-state index in [1.807, 2.05) is 6.20 Å². The summed E-state index contributed by atoms with van der Waals surface area (Å²) in [6.07, 6.45) is 4.02. The molecule has 0 radical (unpaired) electrons. The van der Waals surface area contributed by atoms with E-state index in [2.05, 4.69) is 53.9 Å². The lowest BCUT2D eigenvalue weighted by Gasteiger charge is -2.19. The Kier molecular flexibility index (Phi) is 5.05. The van der Waals surface area contributed by atoms with Crippen molar-refractivity contribution in [3.8, 4) is 0 Å². The number of hydrogen-bond acceptors (Lipinski definition) is 4. The zero-order chi connectivity index (χ0) is 13.7. The fourth-order valence-corrected chi connectivity index (χ4v) is 2.87. The minimum Gasteiger partial charge on any atom is -0.309 e. The summed E-state index contributed by atoms with van der Waals surface area (Å²) in [5.74, 6) is 0. The maximum Gasteiger partial charge on any atom is 0.0669 e. The molecule has 0 aliphatic carbocycles. The maximum absolute atomic E-state index is 3.99. The molecule has 3 nitrogen and oxygen atoms in total. The molecule has 1 aromatic carbocycles. The zero-order valence-electron chi connectivity index (χ0n) is 11.8. The largest absolute Gasteiger partial charge is 0.309 e. The van der Waals surface area contributed by atoms with Crippen molar-refractivity contribution in [1.82, 2.24) is 14.9 Å². The van der Waals surface area contributed by atoms with E-state index in [9.17, 15) is 0 Å². The van der Waals surface area contributed by atoms with Crippen molar-refractivity contribution >= 4 is 11.5 Å². The summed E-state index contributed by atoms with van der Waals surface area (Å²) in [7, 11) is 0. The van der Waals surface area contributed by atoms with E-state index in [0.29, 0.717) is 6.04 Å². The molecule has 0 spiro atoms. The summed E-state index contributed by atoms with van der Waals surface area (Å²) in [6, 6.07) is 6.81. The number of aryl methyl sites for hydroxylation is 2. The molecule has 0 aliphatic heterocycles. The Labute approximate surface area is 119 Å². The van der Waals surface area contributed by atoms with Gasteiger partial charge in [-0.05, 0) is 61.5 Å². The van der Waals surface area contributed by atoms with Crippen LogP contribution < -0.4 is 5.32 Å². The first-order valence-corrected chi connectivity index (χ1v) is 7.55. The molecule has 1 heterocycles. The minimum absolute atomic E-state index is 0.319. The summed E-state index contributed by atoms with van der Waals surface area (Å²) in [5.41, 5.74) is 4.16. The molecule has 0 fully saturated rings. The summed E-state index contributed by atoms with van der Waals surface area (Å²) in [4.78, 5) is 1.22. The topological polar surface area (TPSA) is 37.8 Å². The average molecular weight is 275 g/mol. The van der Waals surface area contributed by atoms with Crippen LogP contribution in [0, 0.1) is 13.8 Å². The SMILES string of the molecule is CCCNC(Cc1c(C)cccc1C)c1cnns1. The van der Waals surface area contributed by atoms with Crippen molar-refractivity contribution < 1.29 is 0 Å². The highest BCUT2D eigenvalue weighted by Gasteiger charge is 2.16. The Balaban J connectivity index is 2.20. The quantitative estimate of drug-likeness (QED) is 0.877. The van der Waals surface area contributed by atoms with Crippen LogP contribution in [0.2, 0.25) is 0 Å². The second-order valence-corrected chi connectivity index (χ2v) is 5.72. The molecular formula is C15H21N3S. The molecule has 2 rings (SSSR count). The lowest BCUT2D eigenvalue weighted by molar-refractivity contribution is 0.534. The van der Waals surface area contributed by atoms with Crippen LogP contribution in [-0.2, 0) is 6.42 Å². The summed E-state index contributed by atoms with van der Waals surface area (Å²) in [6.45, 7) is 7.58. The van der Waals surface area contributed by atoms with E-state index in [1.165, 1.54) is 33.1 Å². The number of rotatable bonds is 6. The molecule has 1 atom stereocenters. The number of benzene rings is 1. The van der Waals surface area contributed by atoms with Gasteiger partial charge in [0.2, 0.25) is 0 Å². The Bertz CT molecular complexity index is 488. The predicted octanol–water partition coefficient (Wildman–Crippen LogP) is 3.44. The highest BCUT2D eigenvalue weighted by atomic mass is 32.1. The van der Waals surface area contributed by atoms with Crippen LogP contribution in [0.1, 0.15) is 41.0 Å². The molecule has 1 unspecified atom stereocenters. The predicted molar refractivity (Wildman–Crippen MR) is 80.6 cm³/mol.